The Morgan fingerprint density at radius 2 is 2.24 bits per heavy atom. The fourth-order valence-electron chi connectivity index (χ4n) is 2.32. The second-order valence-corrected chi connectivity index (χ2v) is 5.51. The quantitative estimate of drug-likeness (QED) is 0.775. The zero-order valence-corrected chi connectivity index (χ0v) is 11.5. The normalized spacial score (nSPS) is 21.7. The van der Waals surface area contributed by atoms with Crippen molar-refractivity contribution < 1.29 is 19.8 Å². The van der Waals surface area contributed by atoms with Crippen LogP contribution in [0.5, 0.6) is 0 Å². The number of aliphatic hydroxyl groups excluding tert-OH is 1. The number of nitrogens with zero attached hydrogens (tertiary/aromatic N) is 5. The van der Waals surface area contributed by atoms with Crippen LogP contribution in [0.15, 0.2) is 17.8 Å². The summed E-state index contributed by atoms with van der Waals surface area (Å²) in [5.41, 5.74) is 0.487. The number of carbonyl (C=O) groups excluding carboxylic acids is 1. The van der Waals surface area contributed by atoms with Crippen molar-refractivity contribution >= 4 is 23.2 Å². The van der Waals surface area contributed by atoms with E-state index in [4.69, 9.17) is 5.11 Å². The van der Waals surface area contributed by atoms with Gasteiger partial charge in [-0.25, -0.2) is 4.79 Å². The van der Waals surface area contributed by atoms with Crippen LogP contribution in [0.3, 0.4) is 0 Å². The number of hydrogen-bond donors (Lipinski definition) is 2. The van der Waals surface area contributed by atoms with Gasteiger partial charge in [0.1, 0.15) is 17.2 Å². The van der Waals surface area contributed by atoms with Crippen LogP contribution in [0.2, 0.25) is 0 Å². The van der Waals surface area contributed by atoms with Gasteiger partial charge in [0.15, 0.2) is 0 Å². The molecule has 3 heterocycles. The molecule has 2 N–H and O–H groups in total. The Kier molecular flexibility index (Phi) is 3.39. The number of carbonyl (C=O) groups is 2. The maximum Gasteiger partial charge on any atom is 0.326 e. The first-order valence-corrected chi connectivity index (χ1v) is 6.98. The fourth-order valence-corrected chi connectivity index (χ4v) is 3.15. The minimum absolute atomic E-state index is 0.00273. The lowest BCUT2D eigenvalue weighted by atomic mass is 10.2. The van der Waals surface area contributed by atoms with Gasteiger partial charge in [0, 0.05) is 13.0 Å². The van der Waals surface area contributed by atoms with Crippen molar-refractivity contribution in [2.45, 2.75) is 18.6 Å². The van der Waals surface area contributed by atoms with Crippen molar-refractivity contribution in [1.82, 2.24) is 25.1 Å². The van der Waals surface area contributed by atoms with Crippen LogP contribution in [-0.4, -0.2) is 65.9 Å². The smallest absolute Gasteiger partial charge is 0.326 e. The van der Waals surface area contributed by atoms with Crippen molar-refractivity contribution in [2.24, 2.45) is 0 Å². The summed E-state index contributed by atoms with van der Waals surface area (Å²) >= 11 is 1.18. The van der Waals surface area contributed by atoms with Crippen molar-refractivity contribution in [3.8, 4) is 5.69 Å². The first-order valence-electron chi connectivity index (χ1n) is 6.10. The molecule has 110 valence electrons. The first kappa shape index (κ1) is 13.6. The summed E-state index contributed by atoms with van der Waals surface area (Å²) in [5.74, 6) is -1.57. The molecule has 2 aromatic heterocycles. The third-order valence-corrected chi connectivity index (χ3v) is 4.15. The maximum atomic E-state index is 12.6. The number of carboxylic acid groups (broad SMARTS) is 1. The van der Waals surface area contributed by atoms with Gasteiger partial charge in [-0.05, 0) is 21.9 Å². The Morgan fingerprint density at radius 3 is 2.90 bits per heavy atom. The SMILES string of the molecule is O=C(O)[C@@H]1CC(O)CN1C(=O)c1sccc1-n1cnnn1. The molecule has 0 aliphatic carbocycles. The number of thiophene rings is 1. The highest BCUT2D eigenvalue weighted by molar-refractivity contribution is 7.12. The number of rotatable bonds is 3. The molecule has 0 spiro atoms. The molecule has 1 amide bonds. The average Bonchev–Trinajstić information content (AvgIpc) is 3.17. The van der Waals surface area contributed by atoms with Crippen molar-refractivity contribution in [3.05, 3.63) is 22.7 Å². The second kappa shape index (κ2) is 5.22. The number of amides is 1. The highest BCUT2D eigenvalue weighted by atomic mass is 32.1. The molecule has 1 saturated heterocycles. The molecule has 0 radical (unpaired) electrons. The van der Waals surface area contributed by atoms with Crippen LogP contribution in [0.4, 0.5) is 0 Å². The number of β-amino-alcohol motifs (C(OH)–C–C–N with tert-alkyl or cyclic N) is 1. The van der Waals surface area contributed by atoms with Crippen molar-refractivity contribution in [3.63, 3.8) is 0 Å². The first-order chi connectivity index (χ1) is 10.1. The van der Waals surface area contributed by atoms with E-state index >= 15 is 0 Å². The summed E-state index contributed by atoms with van der Waals surface area (Å²) in [6.07, 6.45) is 0.561. The van der Waals surface area contributed by atoms with E-state index < -0.39 is 24.0 Å². The lowest BCUT2D eigenvalue weighted by Gasteiger charge is -2.20. The summed E-state index contributed by atoms with van der Waals surface area (Å²) < 4.78 is 1.34. The number of tetrazole rings is 1. The summed E-state index contributed by atoms with van der Waals surface area (Å²) in [5, 5.41) is 31.2. The fraction of sp³-hybridized carbons (Fsp3) is 0.364. The van der Waals surface area contributed by atoms with E-state index in [2.05, 4.69) is 15.5 Å². The van der Waals surface area contributed by atoms with Gasteiger partial charge in [-0.15, -0.1) is 16.4 Å². The summed E-state index contributed by atoms with van der Waals surface area (Å²) in [6.45, 7) is 0.00273. The predicted molar refractivity (Wildman–Crippen MR) is 70.1 cm³/mol. The summed E-state index contributed by atoms with van der Waals surface area (Å²) in [4.78, 5) is 25.3. The van der Waals surface area contributed by atoms with Crippen LogP contribution >= 0.6 is 11.3 Å². The van der Waals surface area contributed by atoms with Gasteiger partial charge in [-0.1, -0.05) is 0 Å². The molecule has 1 unspecified atom stereocenters. The lowest BCUT2D eigenvalue weighted by molar-refractivity contribution is -0.141. The van der Waals surface area contributed by atoms with Gasteiger partial charge in [-0.2, -0.15) is 4.68 Å². The Labute approximate surface area is 122 Å². The zero-order valence-electron chi connectivity index (χ0n) is 10.7. The Morgan fingerprint density at radius 1 is 1.43 bits per heavy atom. The van der Waals surface area contributed by atoms with Gasteiger partial charge >= 0.3 is 5.97 Å². The number of aliphatic carboxylic acids is 1. The van der Waals surface area contributed by atoms with E-state index in [1.165, 1.54) is 27.2 Å². The average molecular weight is 309 g/mol. The molecule has 1 fully saturated rings. The van der Waals surface area contributed by atoms with Gasteiger partial charge in [0.2, 0.25) is 0 Å². The predicted octanol–water partition coefficient (Wildman–Crippen LogP) is -0.616. The molecular weight excluding hydrogens is 298 g/mol. The second-order valence-electron chi connectivity index (χ2n) is 4.59. The molecule has 0 bridgehead atoms. The maximum absolute atomic E-state index is 12.6. The molecule has 1 aliphatic heterocycles. The monoisotopic (exact) mass is 309 g/mol. The largest absolute Gasteiger partial charge is 0.480 e. The van der Waals surface area contributed by atoms with Gasteiger partial charge in [0.05, 0.1) is 11.8 Å². The van der Waals surface area contributed by atoms with E-state index in [9.17, 15) is 14.7 Å². The summed E-state index contributed by atoms with van der Waals surface area (Å²) in [7, 11) is 0. The van der Waals surface area contributed by atoms with Gasteiger partial charge in [-0.3, -0.25) is 4.79 Å². The molecule has 0 saturated carbocycles. The van der Waals surface area contributed by atoms with Crippen LogP contribution in [0.25, 0.3) is 5.69 Å². The molecule has 2 aromatic rings. The number of carboxylic acids is 1. The van der Waals surface area contributed by atoms with Crippen LogP contribution in [-0.2, 0) is 4.79 Å². The van der Waals surface area contributed by atoms with Gasteiger partial charge < -0.3 is 15.1 Å². The third kappa shape index (κ3) is 2.38. The lowest BCUT2D eigenvalue weighted by Crippen LogP contribution is -2.40. The van der Waals surface area contributed by atoms with Crippen LogP contribution in [0.1, 0.15) is 16.1 Å². The summed E-state index contributed by atoms with van der Waals surface area (Å²) in [6, 6.07) is 0.660. The molecular formula is C11H11N5O4S. The van der Waals surface area contributed by atoms with E-state index in [1.807, 2.05) is 0 Å². The number of likely N-dealkylation sites (tertiary alicyclic amines) is 1. The number of aliphatic hydroxyl groups is 1. The Hall–Kier alpha value is -2.33. The van der Waals surface area contributed by atoms with E-state index in [0.29, 0.717) is 10.6 Å². The minimum atomic E-state index is -1.12. The van der Waals surface area contributed by atoms with Crippen LogP contribution < -0.4 is 0 Å². The number of aromatic nitrogens is 4. The molecule has 9 nitrogen and oxygen atoms in total. The molecule has 3 rings (SSSR count). The topological polar surface area (TPSA) is 121 Å². The van der Waals surface area contributed by atoms with E-state index in [0.717, 1.165) is 0 Å². The van der Waals surface area contributed by atoms with Crippen molar-refractivity contribution in [2.75, 3.05) is 6.54 Å². The van der Waals surface area contributed by atoms with Crippen molar-refractivity contribution in [1.29, 1.82) is 0 Å². The third-order valence-electron chi connectivity index (χ3n) is 3.26. The standard InChI is InChI=1S/C11H11N5O4S/c17-6-3-8(11(19)20)15(4-6)10(18)9-7(1-2-21-9)16-5-12-13-14-16/h1-2,5-6,8,17H,3-4H2,(H,19,20)/t6?,8-/m0/s1. The Balaban J connectivity index is 1.93. The van der Waals surface area contributed by atoms with Crippen LogP contribution in [0, 0.1) is 0 Å². The zero-order chi connectivity index (χ0) is 15.0. The molecule has 21 heavy (non-hydrogen) atoms. The van der Waals surface area contributed by atoms with E-state index in [1.54, 1.807) is 11.4 Å². The minimum Gasteiger partial charge on any atom is -0.480 e. The molecule has 0 aromatic carbocycles. The highest BCUT2D eigenvalue weighted by Crippen LogP contribution is 2.26. The van der Waals surface area contributed by atoms with Gasteiger partial charge in [0.25, 0.3) is 5.91 Å². The number of hydrogen-bond acceptors (Lipinski definition) is 7. The molecule has 1 aliphatic rings. The Bertz CT molecular complexity index is 670. The van der Waals surface area contributed by atoms with E-state index in [-0.39, 0.29) is 13.0 Å². The molecule has 2 atom stereocenters. The highest BCUT2D eigenvalue weighted by Gasteiger charge is 2.40. The molecule has 10 heteroatoms.